The van der Waals surface area contributed by atoms with Gasteiger partial charge in [-0.1, -0.05) is 11.6 Å². The van der Waals surface area contributed by atoms with Crippen molar-refractivity contribution in [3.63, 3.8) is 0 Å². The van der Waals surface area contributed by atoms with Gasteiger partial charge in [0.25, 0.3) is 0 Å². The standard InChI is InChI=1S/C10H9ClN4O2S.Na/c11-9-10(14-6-5-13-9)15-7-1-3-8(4-2-7)18(12,16)17;/h1-6H,(H,14,15)(H2,12,16,17);. The topological polar surface area (TPSA) is 98.0 Å². The monoisotopic (exact) mass is 307 g/mol. The molecule has 0 aliphatic rings. The summed E-state index contributed by atoms with van der Waals surface area (Å²) in [7, 11) is -3.68. The van der Waals surface area contributed by atoms with E-state index in [1.54, 1.807) is 12.1 Å². The minimum atomic E-state index is -3.68. The molecule has 0 bridgehead atoms. The molecule has 0 aliphatic heterocycles. The van der Waals surface area contributed by atoms with Crippen LogP contribution in [0.5, 0.6) is 0 Å². The van der Waals surface area contributed by atoms with E-state index in [1.165, 1.54) is 24.5 Å². The molecule has 95 valence electrons. The van der Waals surface area contributed by atoms with Crippen molar-refractivity contribution in [1.29, 1.82) is 0 Å². The minimum absolute atomic E-state index is 0. The maximum Gasteiger partial charge on any atom is 0.238 e. The Morgan fingerprint density at radius 1 is 1.11 bits per heavy atom. The third-order valence-electron chi connectivity index (χ3n) is 2.10. The number of hydrogen-bond acceptors (Lipinski definition) is 5. The van der Waals surface area contributed by atoms with E-state index in [2.05, 4.69) is 15.3 Å². The Labute approximate surface area is 137 Å². The summed E-state index contributed by atoms with van der Waals surface area (Å²) in [6.45, 7) is 0. The summed E-state index contributed by atoms with van der Waals surface area (Å²) in [5.74, 6) is 0.391. The molecule has 0 unspecified atom stereocenters. The van der Waals surface area contributed by atoms with Gasteiger partial charge in [0.15, 0.2) is 11.0 Å². The number of rotatable bonds is 3. The van der Waals surface area contributed by atoms with Crippen molar-refractivity contribution in [2.24, 2.45) is 5.14 Å². The van der Waals surface area contributed by atoms with Gasteiger partial charge < -0.3 is 5.32 Å². The largest absolute Gasteiger partial charge is 0.338 e. The average molecular weight is 308 g/mol. The molecule has 6 nitrogen and oxygen atoms in total. The van der Waals surface area contributed by atoms with E-state index in [4.69, 9.17) is 16.7 Å². The average Bonchev–Trinajstić information content (AvgIpc) is 2.32. The van der Waals surface area contributed by atoms with Gasteiger partial charge >= 0.3 is 0 Å². The van der Waals surface area contributed by atoms with Gasteiger partial charge in [-0.05, 0) is 24.3 Å². The van der Waals surface area contributed by atoms with Crippen molar-refractivity contribution in [3.8, 4) is 0 Å². The molecular formula is C10H9ClN4NaO2S. The van der Waals surface area contributed by atoms with Crippen LogP contribution in [0.3, 0.4) is 0 Å². The summed E-state index contributed by atoms with van der Waals surface area (Å²) < 4.78 is 22.1. The molecule has 1 aromatic carbocycles. The maximum absolute atomic E-state index is 11.1. The molecule has 2 aromatic rings. The predicted molar refractivity (Wildman–Crippen MR) is 73.9 cm³/mol. The van der Waals surface area contributed by atoms with Gasteiger partial charge in [0.05, 0.1) is 4.90 Å². The molecule has 0 aliphatic carbocycles. The fourth-order valence-corrected chi connectivity index (χ4v) is 1.94. The molecule has 0 fully saturated rings. The van der Waals surface area contributed by atoms with Crippen molar-refractivity contribution >= 4 is 62.7 Å². The molecule has 1 aromatic heterocycles. The SMILES string of the molecule is NS(=O)(=O)c1ccc(Nc2nccnc2Cl)cc1.[Na]. The Balaban J connectivity index is 0.00000180. The Morgan fingerprint density at radius 3 is 2.21 bits per heavy atom. The number of halogens is 1. The van der Waals surface area contributed by atoms with Gasteiger partial charge in [-0.25, -0.2) is 23.5 Å². The normalized spacial score (nSPS) is 10.6. The van der Waals surface area contributed by atoms with Gasteiger partial charge in [-0.2, -0.15) is 0 Å². The Bertz CT molecular complexity index is 663. The van der Waals surface area contributed by atoms with E-state index in [0.29, 0.717) is 11.5 Å². The number of nitrogens with two attached hydrogens (primary N) is 1. The molecule has 1 heterocycles. The zero-order valence-electron chi connectivity index (χ0n) is 10.0. The molecule has 0 saturated carbocycles. The zero-order chi connectivity index (χ0) is 13.2. The molecule has 0 atom stereocenters. The number of hydrogen-bond donors (Lipinski definition) is 2. The Morgan fingerprint density at radius 2 is 1.68 bits per heavy atom. The van der Waals surface area contributed by atoms with Crippen molar-refractivity contribution in [3.05, 3.63) is 41.8 Å². The van der Waals surface area contributed by atoms with Gasteiger partial charge in [0.1, 0.15) is 0 Å². The quantitative estimate of drug-likeness (QED) is 0.829. The van der Waals surface area contributed by atoms with Crippen LogP contribution < -0.4 is 10.5 Å². The Kier molecular flexibility index (Phi) is 5.72. The number of primary sulfonamides is 1. The van der Waals surface area contributed by atoms with Crippen LogP contribution in [-0.2, 0) is 10.0 Å². The molecule has 3 N–H and O–H groups in total. The summed E-state index contributed by atoms with van der Waals surface area (Å²) in [4.78, 5) is 7.89. The number of anilines is 2. The van der Waals surface area contributed by atoms with E-state index in [9.17, 15) is 8.42 Å². The maximum atomic E-state index is 11.1. The van der Waals surface area contributed by atoms with Crippen LogP contribution in [0, 0.1) is 0 Å². The summed E-state index contributed by atoms with van der Waals surface area (Å²) in [5.41, 5.74) is 0.629. The molecule has 2 rings (SSSR count). The van der Waals surface area contributed by atoms with Gasteiger partial charge in [-0.15, -0.1) is 0 Å². The zero-order valence-corrected chi connectivity index (χ0v) is 13.6. The van der Waals surface area contributed by atoms with Crippen LogP contribution in [0.25, 0.3) is 0 Å². The number of nitrogens with one attached hydrogen (secondary N) is 1. The van der Waals surface area contributed by atoms with E-state index in [1.807, 2.05) is 0 Å². The van der Waals surface area contributed by atoms with Crippen molar-refractivity contribution < 1.29 is 8.42 Å². The molecule has 19 heavy (non-hydrogen) atoms. The predicted octanol–water partition coefficient (Wildman–Crippen LogP) is 1.14. The summed E-state index contributed by atoms with van der Waals surface area (Å²) >= 11 is 5.83. The number of sulfonamides is 1. The number of benzene rings is 1. The number of nitrogens with zero attached hydrogens (tertiary/aromatic N) is 2. The summed E-state index contributed by atoms with van der Waals surface area (Å²) in [6.07, 6.45) is 2.96. The summed E-state index contributed by atoms with van der Waals surface area (Å²) in [6, 6.07) is 5.90. The first-order chi connectivity index (χ1) is 8.47. The van der Waals surface area contributed by atoms with Crippen LogP contribution in [0.4, 0.5) is 11.5 Å². The van der Waals surface area contributed by atoms with Crippen molar-refractivity contribution in [1.82, 2.24) is 9.97 Å². The van der Waals surface area contributed by atoms with Gasteiger partial charge in [-0.3, -0.25) is 0 Å². The number of aromatic nitrogens is 2. The fourth-order valence-electron chi connectivity index (χ4n) is 1.27. The molecule has 1 radical (unpaired) electrons. The van der Waals surface area contributed by atoms with Crippen LogP contribution in [0.15, 0.2) is 41.6 Å². The van der Waals surface area contributed by atoms with E-state index >= 15 is 0 Å². The van der Waals surface area contributed by atoms with Gasteiger partial charge in [0.2, 0.25) is 10.0 Å². The van der Waals surface area contributed by atoms with E-state index in [0.717, 1.165) is 0 Å². The summed E-state index contributed by atoms with van der Waals surface area (Å²) in [5, 5.41) is 8.13. The van der Waals surface area contributed by atoms with E-state index in [-0.39, 0.29) is 39.6 Å². The molecule has 0 spiro atoms. The van der Waals surface area contributed by atoms with Crippen molar-refractivity contribution in [2.45, 2.75) is 4.90 Å². The second-order valence-electron chi connectivity index (χ2n) is 3.39. The molecule has 0 saturated heterocycles. The first kappa shape index (κ1) is 16.4. The van der Waals surface area contributed by atoms with Crippen molar-refractivity contribution in [2.75, 3.05) is 5.32 Å². The van der Waals surface area contributed by atoms with Gasteiger partial charge in [0, 0.05) is 47.6 Å². The van der Waals surface area contributed by atoms with Crippen LogP contribution in [0.1, 0.15) is 0 Å². The van der Waals surface area contributed by atoms with Crippen LogP contribution >= 0.6 is 11.6 Å². The Hall–Kier alpha value is -0.700. The second kappa shape index (κ2) is 6.65. The fraction of sp³-hybridized carbons (Fsp3) is 0. The first-order valence-electron chi connectivity index (χ1n) is 4.83. The third kappa shape index (κ3) is 4.41. The smallest absolute Gasteiger partial charge is 0.238 e. The van der Waals surface area contributed by atoms with Crippen LogP contribution in [-0.4, -0.2) is 47.9 Å². The molecule has 9 heteroatoms. The third-order valence-corrected chi connectivity index (χ3v) is 3.31. The second-order valence-corrected chi connectivity index (χ2v) is 5.31. The molecular weight excluding hydrogens is 299 g/mol. The van der Waals surface area contributed by atoms with Crippen LogP contribution in [0.2, 0.25) is 5.15 Å². The molecule has 0 amide bonds. The minimum Gasteiger partial charge on any atom is -0.338 e. The van der Waals surface area contributed by atoms with E-state index < -0.39 is 10.0 Å². The first-order valence-corrected chi connectivity index (χ1v) is 6.75.